The van der Waals surface area contributed by atoms with Crippen molar-refractivity contribution in [1.29, 1.82) is 0 Å². The minimum atomic E-state index is -1.43. The summed E-state index contributed by atoms with van der Waals surface area (Å²) >= 11 is 4.27. The van der Waals surface area contributed by atoms with E-state index in [2.05, 4.69) is 54.8 Å². The quantitative estimate of drug-likeness (QED) is 0.0345. The van der Waals surface area contributed by atoms with E-state index in [-0.39, 0.29) is 43.6 Å². The molecule has 7 unspecified atom stereocenters. The van der Waals surface area contributed by atoms with E-state index in [1.807, 2.05) is 6.07 Å². The van der Waals surface area contributed by atoms with Gasteiger partial charge in [-0.05, 0) is 60.6 Å². The molecule has 8 amide bonds. The van der Waals surface area contributed by atoms with Crippen LogP contribution in [-0.4, -0.2) is 123 Å². The van der Waals surface area contributed by atoms with Crippen molar-refractivity contribution in [3.8, 4) is 5.75 Å². The number of primary amides is 1. The van der Waals surface area contributed by atoms with Crippen LogP contribution in [0.2, 0.25) is 0 Å². The summed E-state index contributed by atoms with van der Waals surface area (Å²) in [5.74, 6) is -8.62. The summed E-state index contributed by atoms with van der Waals surface area (Å²) in [5.41, 5.74) is 14.0. The fourth-order valence-electron chi connectivity index (χ4n) is 7.03. The molecule has 0 saturated heterocycles. The zero-order chi connectivity index (χ0) is 50.8. The number of nitrogens with two attached hydrogens (primary N) is 2. The summed E-state index contributed by atoms with van der Waals surface area (Å²) in [5, 5.41) is 37.4. The number of amides is 8. The van der Waals surface area contributed by atoms with E-state index in [1.54, 1.807) is 80.7 Å². The normalized spacial score (nSPS) is 14.1. The number of carbonyl (C=O) groups is 9. The summed E-state index contributed by atoms with van der Waals surface area (Å²) < 4.78 is 0. The predicted octanol–water partition coefficient (Wildman–Crippen LogP) is -0.790. The van der Waals surface area contributed by atoms with Gasteiger partial charge in [-0.3, -0.25) is 43.2 Å². The van der Waals surface area contributed by atoms with Crippen molar-refractivity contribution in [2.75, 3.05) is 12.3 Å². The number of H-pyrrole nitrogens is 1. The average Bonchev–Trinajstić information content (AvgIpc) is 3.72. The first kappa shape index (κ1) is 54.1. The molecular formula is C47H60N10O11S. The van der Waals surface area contributed by atoms with Gasteiger partial charge in [0.15, 0.2) is 0 Å². The number of para-hydroxylation sites is 1. The molecule has 1 heterocycles. The van der Waals surface area contributed by atoms with Crippen LogP contribution in [0.5, 0.6) is 5.75 Å². The Morgan fingerprint density at radius 1 is 0.638 bits per heavy atom. The largest absolute Gasteiger partial charge is 0.508 e. The first-order chi connectivity index (χ1) is 32.8. The van der Waals surface area contributed by atoms with E-state index in [0.717, 1.165) is 10.9 Å². The smallest absolute Gasteiger partial charge is 0.325 e. The SMILES string of the molecule is CC(NC(=O)C(Cc1ccccc1)NC(=O)C(NC(=O)C(Cc1c[nH]c2ccccc12)NC(=O)C(CS)NC(=O)C(CCC(N)=O)NC(=O)CNC(=O)C(N)Cc1ccc(O)cc1)C(C)C)C(=O)O. The Morgan fingerprint density at radius 2 is 1.20 bits per heavy atom. The summed E-state index contributed by atoms with van der Waals surface area (Å²) in [6.45, 7) is 3.97. The molecule has 0 saturated carbocycles. The molecule has 3 aromatic carbocycles. The van der Waals surface area contributed by atoms with Crippen molar-refractivity contribution >= 4 is 76.8 Å². The van der Waals surface area contributed by atoms with Crippen molar-refractivity contribution in [2.45, 2.75) is 95.2 Å². The molecule has 21 nitrogen and oxygen atoms in total. The van der Waals surface area contributed by atoms with Crippen LogP contribution in [0.4, 0.5) is 0 Å². The Hall–Kier alpha value is -7.46. The number of hydrogen-bond acceptors (Lipinski definition) is 12. The van der Waals surface area contributed by atoms with Gasteiger partial charge in [0.25, 0.3) is 0 Å². The van der Waals surface area contributed by atoms with Gasteiger partial charge in [-0.15, -0.1) is 0 Å². The molecule has 0 aliphatic rings. The van der Waals surface area contributed by atoms with Gasteiger partial charge in [0.2, 0.25) is 47.3 Å². The van der Waals surface area contributed by atoms with Crippen LogP contribution in [0.1, 0.15) is 50.3 Å². The number of phenols is 1. The number of nitrogens with one attached hydrogen (secondary N) is 8. The fourth-order valence-corrected chi connectivity index (χ4v) is 7.29. The van der Waals surface area contributed by atoms with Gasteiger partial charge in [-0.1, -0.05) is 74.5 Å². The van der Waals surface area contributed by atoms with Crippen molar-refractivity contribution in [2.24, 2.45) is 17.4 Å². The molecule has 14 N–H and O–H groups in total. The molecule has 4 aromatic rings. The van der Waals surface area contributed by atoms with Gasteiger partial charge >= 0.3 is 5.97 Å². The maximum absolute atomic E-state index is 14.4. The Morgan fingerprint density at radius 3 is 1.84 bits per heavy atom. The number of carbonyl (C=O) groups excluding carboxylic acids is 8. The average molecular weight is 973 g/mol. The standard InChI is InChI=1S/C47H60N10O11S/c1-25(2)40(46(66)55-35(20-27-9-5-4-6-10-27)43(63)52-26(3)47(67)68)57-44(64)36(21-29-22-50-33-12-8-7-11-31(29)33)54-45(65)37(24-69)56-42(62)34(17-18-38(49)59)53-39(60)23-51-41(61)32(48)19-28-13-15-30(58)16-14-28/h4-16,22,25-26,32,34-37,40,50,58,69H,17-21,23-24,48H2,1-3H3,(H2,49,59)(H,51,61)(H,52,63)(H,53,60)(H,54,65)(H,55,66)(H,56,62)(H,57,64)(H,67,68). The Bertz CT molecular complexity index is 2450. The van der Waals surface area contributed by atoms with Crippen LogP contribution >= 0.6 is 12.6 Å². The number of aliphatic carboxylic acids is 1. The first-order valence-corrected chi connectivity index (χ1v) is 22.7. The molecule has 0 radical (unpaired) electrons. The number of phenolic OH excluding ortho intramolecular Hbond substituents is 1. The van der Waals surface area contributed by atoms with E-state index in [0.29, 0.717) is 16.7 Å². The summed E-state index contributed by atoms with van der Waals surface area (Å²) in [7, 11) is 0. The number of benzene rings is 3. The zero-order valence-electron chi connectivity index (χ0n) is 38.3. The predicted molar refractivity (Wildman–Crippen MR) is 257 cm³/mol. The van der Waals surface area contributed by atoms with E-state index in [4.69, 9.17) is 11.5 Å². The number of rotatable bonds is 26. The molecular weight excluding hydrogens is 913 g/mol. The second-order valence-corrected chi connectivity index (χ2v) is 17.1. The number of aromatic amines is 1. The van der Waals surface area contributed by atoms with Crippen molar-refractivity contribution in [3.63, 3.8) is 0 Å². The lowest BCUT2D eigenvalue weighted by atomic mass is 9.99. The third-order valence-corrected chi connectivity index (χ3v) is 11.3. The lowest BCUT2D eigenvalue weighted by Gasteiger charge is -2.28. The van der Waals surface area contributed by atoms with Crippen LogP contribution in [0.25, 0.3) is 10.9 Å². The Balaban J connectivity index is 1.51. The van der Waals surface area contributed by atoms with Gasteiger partial charge < -0.3 is 63.9 Å². The lowest BCUT2D eigenvalue weighted by molar-refractivity contribution is -0.142. The van der Waals surface area contributed by atoms with Crippen molar-refractivity contribution in [3.05, 3.63) is 102 Å². The van der Waals surface area contributed by atoms with Gasteiger partial charge in [0.05, 0.1) is 12.6 Å². The number of aromatic nitrogens is 1. The first-order valence-electron chi connectivity index (χ1n) is 22.1. The number of hydrogen-bond donors (Lipinski definition) is 13. The highest BCUT2D eigenvalue weighted by Crippen LogP contribution is 2.20. The molecule has 370 valence electrons. The minimum Gasteiger partial charge on any atom is -0.508 e. The van der Waals surface area contributed by atoms with Crippen LogP contribution in [-0.2, 0) is 62.4 Å². The number of aromatic hydroxyl groups is 1. The van der Waals surface area contributed by atoms with Crippen molar-refractivity contribution in [1.82, 2.24) is 42.2 Å². The summed E-state index contributed by atoms with van der Waals surface area (Å²) in [4.78, 5) is 122. The van der Waals surface area contributed by atoms with E-state index >= 15 is 0 Å². The van der Waals surface area contributed by atoms with E-state index in [1.165, 1.54) is 19.1 Å². The van der Waals surface area contributed by atoms with Crippen LogP contribution in [0.15, 0.2) is 85.1 Å². The molecule has 0 bridgehead atoms. The highest BCUT2D eigenvalue weighted by molar-refractivity contribution is 7.80. The van der Waals surface area contributed by atoms with Gasteiger partial charge in [0, 0.05) is 42.1 Å². The third-order valence-electron chi connectivity index (χ3n) is 10.9. The minimum absolute atomic E-state index is 0.0129. The Kier molecular flexibility index (Phi) is 20.5. The monoisotopic (exact) mass is 972 g/mol. The van der Waals surface area contributed by atoms with E-state index in [9.17, 15) is 53.4 Å². The number of fused-ring (bicyclic) bond motifs is 1. The van der Waals surface area contributed by atoms with Crippen molar-refractivity contribution < 1.29 is 53.4 Å². The molecule has 0 spiro atoms. The Labute approximate surface area is 403 Å². The third kappa shape index (κ3) is 17.0. The lowest BCUT2D eigenvalue weighted by Crippen LogP contribution is -2.61. The van der Waals surface area contributed by atoms with Crippen LogP contribution < -0.4 is 48.7 Å². The summed E-state index contributed by atoms with van der Waals surface area (Å²) in [6, 6.07) is 12.8. The fraction of sp³-hybridized carbons (Fsp3) is 0.383. The number of thiol groups is 1. The van der Waals surface area contributed by atoms with E-state index < -0.39 is 108 Å². The molecule has 69 heavy (non-hydrogen) atoms. The summed E-state index contributed by atoms with van der Waals surface area (Å²) in [6.07, 6.45) is 0.977. The molecule has 0 fully saturated rings. The zero-order valence-corrected chi connectivity index (χ0v) is 39.2. The second-order valence-electron chi connectivity index (χ2n) is 16.7. The van der Waals surface area contributed by atoms with Gasteiger partial charge in [-0.2, -0.15) is 12.6 Å². The maximum Gasteiger partial charge on any atom is 0.325 e. The molecule has 0 aliphatic heterocycles. The van der Waals surface area contributed by atoms with Crippen LogP contribution in [0, 0.1) is 5.92 Å². The highest BCUT2D eigenvalue weighted by atomic mass is 32.1. The number of carboxylic acids is 1. The van der Waals surface area contributed by atoms with Gasteiger partial charge in [0.1, 0.15) is 42.0 Å². The molecule has 4 rings (SSSR count). The topological polar surface area (TPSA) is 346 Å². The number of carboxylic acid groups (broad SMARTS) is 1. The maximum atomic E-state index is 14.4. The highest BCUT2D eigenvalue weighted by Gasteiger charge is 2.34. The molecule has 0 aliphatic carbocycles. The second kappa shape index (κ2) is 26.2. The van der Waals surface area contributed by atoms with Crippen LogP contribution in [0.3, 0.4) is 0 Å². The van der Waals surface area contributed by atoms with Gasteiger partial charge in [-0.25, -0.2) is 0 Å². The molecule has 1 aromatic heterocycles. The molecule has 7 atom stereocenters. The molecule has 22 heteroatoms.